The smallest absolute Gasteiger partial charge is 0.254 e. The number of piperidine rings is 1. The maximum Gasteiger partial charge on any atom is 0.254 e. The van der Waals surface area contributed by atoms with E-state index in [4.69, 9.17) is 11.6 Å². The van der Waals surface area contributed by atoms with Gasteiger partial charge in [-0.25, -0.2) is 0 Å². The van der Waals surface area contributed by atoms with E-state index in [-0.39, 0.29) is 23.6 Å². The van der Waals surface area contributed by atoms with Crippen LogP contribution in [0.5, 0.6) is 0 Å². The number of nitrogens with one attached hydrogen (secondary N) is 1. The number of rotatable bonds is 5. The van der Waals surface area contributed by atoms with Crippen molar-refractivity contribution >= 4 is 35.0 Å². The SMILES string of the molecule is CCCC(=O)N1CCCC(C(=O)Nc2ccc(C(=O)N(C)C)c(Cl)c2)C1. The Morgan fingerprint density at radius 1 is 1.31 bits per heavy atom. The van der Waals surface area contributed by atoms with Crippen molar-refractivity contribution in [3.05, 3.63) is 28.8 Å². The van der Waals surface area contributed by atoms with Gasteiger partial charge in [-0.05, 0) is 37.5 Å². The highest BCUT2D eigenvalue weighted by atomic mass is 35.5. The summed E-state index contributed by atoms with van der Waals surface area (Å²) in [5.41, 5.74) is 0.941. The molecule has 6 nitrogen and oxygen atoms in total. The molecule has 0 aromatic heterocycles. The van der Waals surface area contributed by atoms with Crippen LogP contribution in [0.4, 0.5) is 5.69 Å². The van der Waals surface area contributed by atoms with Crippen LogP contribution in [-0.4, -0.2) is 54.7 Å². The number of hydrogen-bond acceptors (Lipinski definition) is 3. The molecule has 1 saturated heterocycles. The third-order valence-corrected chi connectivity index (χ3v) is 4.79. The number of halogens is 1. The highest BCUT2D eigenvalue weighted by Crippen LogP contribution is 2.24. The van der Waals surface area contributed by atoms with Gasteiger partial charge in [0.25, 0.3) is 5.91 Å². The molecule has 1 N–H and O–H groups in total. The lowest BCUT2D eigenvalue weighted by atomic mass is 9.96. The minimum absolute atomic E-state index is 0.111. The summed E-state index contributed by atoms with van der Waals surface area (Å²) in [5.74, 6) is -0.432. The number of hydrogen-bond donors (Lipinski definition) is 1. The van der Waals surface area contributed by atoms with Crippen LogP contribution in [0, 0.1) is 5.92 Å². The van der Waals surface area contributed by atoms with Crippen molar-refractivity contribution in [2.24, 2.45) is 5.92 Å². The van der Waals surface area contributed by atoms with Gasteiger partial charge < -0.3 is 15.1 Å². The maximum atomic E-state index is 12.6. The number of likely N-dealkylation sites (tertiary alicyclic amines) is 1. The number of carbonyl (C=O) groups is 3. The molecular formula is C19H26ClN3O3. The van der Waals surface area contributed by atoms with Gasteiger partial charge in [-0.3, -0.25) is 14.4 Å². The molecule has 1 fully saturated rings. The van der Waals surface area contributed by atoms with E-state index in [1.807, 2.05) is 6.92 Å². The van der Waals surface area contributed by atoms with Crippen LogP contribution in [0.25, 0.3) is 0 Å². The van der Waals surface area contributed by atoms with Crippen LogP contribution in [0.1, 0.15) is 43.0 Å². The fourth-order valence-electron chi connectivity index (χ4n) is 3.04. The van der Waals surface area contributed by atoms with Crippen LogP contribution >= 0.6 is 11.6 Å². The molecule has 1 aliphatic heterocycles. The second-order valence-corrected chi connectivity index (χ2v) is 7.22. The van der Waals surface area contributed by atoms with Crippen molar-refractivity contribution in [3.63, 3.8) is 0 Å². The van der Waals surface area contributed by atoms with E-state index in [2.05, 4.69) is 5.32 Å². The topological polar surface area (TPSA) is 69.7 Å². The first-order valence-electron chi connectivity index (χ1n) is 8.93. The second-order valence-electron chi connectivity index (χ2n) is 6.81. The van der Waals surface area contributed by atoms with Gasteiger partial charge in [0.05, 0.1) is 16.5 Å². The summed E-state index contributed by atoms with van der Waals surface area (Å²) in [6.07, 6.45) is 2.91. The van der Waals surface area contributed by atoms with E-state index >= 15 is 0 Å². The molecular weight excluding hydrogens is 354 g/mol. The fraction of sp³-hybridized carbons (Fsp3) is 0.526. The Morgan fingerprint density at radius 2 is 2.04 bits per heavy atom. The first-order valence-corrected chi connectivity index (χ1v) is 9.31. The monoisotopic (exact) mass is 379 g/mol. The minimum atomic E-state index is -0.230. The van der Waals surface area contributed by atoms with E-state index < -0.39 is 0 Å². The zero-order valence-electron chi connectivity index (χ0n) is 15.5. The van der Waals surface area contributed by atoms with E-state index in [1.165, 1.54) is 4.90 Å². The summed E-state index contributed by atoms with van der Waals surface area (Å²) in [5, 5.41) is 3.15. The summed E-state index contributed by atoms with van der Waals surface area (Å²) < 4.78 is 0. The molecule has 0 spiro atoms. The van der Waals surface area contributed by atoms with E-state index in [0.717, 1.165) is 25.8 Å². The van der Waals surface area contributed by atoms with Crippen molar-refractivity contribution in [1.29, 1.82) is 0 Å². The average Bonchev–Trinajstić information content (AvgIpc) is 2.61. The van der Waals surface area contributed by atoms with Crippen molar-refractivity contribution in [1.82, 2.24) is 9.80 Å². The molecule has 1 unspecified atom stereocenters. The van der Waals surface area contributed by atoms with Crippen molar-refractivity contribution in [3.8, 4) is 0 Å². The molecule has 0 bridgehead atoms. The van der Waals surface area contributed by atoms with Gasteiger partial charge >= 0.3 is 0 Å². The van der Waals surface area contributed by atoms with E-state index in [0.29, 0.717) is 29.2 Å². The van der Waals surface area contributed by atoms with Gasteiger partial charge in [0, 0.05) is 39.3 Å². The highest BCUT2D eigenvalue weighted by molar-refractivity contribution is 6.34. The molecule has 1 aliphatic rings. The Bertz CT molecular complexity index is 691. The number of amides is 3. The highest BCUT2D eigenvalue weighted by Gasteiger charge is 2.28. The van der Waals surface area contributed by atoms with E-state index in [1.54, 1.807) is 37.2 Å². The van der Waals surface area contributed by atoms with Crippen LogP contribution in [0.2, 0.25) is 5.02 Å². The lowest BCUT2D eigenvalue weighted by molar-refractivity contribution is -0.134. The molecule has 142 valence electrons. The predicted octanol–water partition coefficient (Wildman–Crippen LogP) is 3.02. The molecule has 1 heterocycles. The molecule has 0 saturated carbocycles. The standard InChI is InChI=1S/C19H26ClN3O3/c1-4-6-17(24)23-10-5-7-13(12-23)18(25)21-14-8-9-15(16(20)11-14)19(26)22(2)3/h8-9,11,13H,4-7,10,12H2,1-3H3,(H,21,25). The largest absolute Gasteiger partial charge is 0.345 e. The van der Waals surface area contributed by atoms with Gasteiger partial charge in [-0.2, -0.15) is 0 Å². The Morgan fingerprint density at radius 3 is 2.65 bits per heavy atom. The predicted molar refractivity (Wildman–Crippen MR) is 102 cm³/mol. The zero-order valence-corrected chi connectivity index (χ0v) is 16.3. The molecule has 26 heavy (non-hydrogen) atoms. The lowest BCUT2D eigenvalue weighted by Crippen LogP contribution is -2.43. The molecule has 2 rings (SSSR count). The van der Waals surface area contributed by atoms with Crippen LogP contribution < -0.4 is 5.32 Å². The minimum Gasteiger partial charge on any atom is -0.345 e. The zero-order chi connectivity index (χ0) is 19.3. The quantitative estimate of drug-likeness (QED) is 0.854. The van der Waals surface area contributed by atoms with Gasteiger partial charge in [0.15, 0.2) is 0 Å². The molecule has 1 atom stereocenters. The summed E-state index contributed by atoms with van der Waals surface area (Å²) in [6.45, 7) is 3.14. The fourth-order valence-corrected chi connectivity index (χ4v) is 3.30. The number of anilines is 1. The Balaban J connectivity index is 2.02. The third kappa shape index (κ3) is 4.97. The van der Waals surface area contributed by atoms with Crippen molar-refractivity contribution < 1.29 is 14.4 Å². The Labute approximate surface area is 159 Å². The molecule has 0 radical (unpaired) electrons. The molecule has 3 amide bonds. The summed E-state index contributed by atoms with van der Waals surface area (Å²) in [4.78, 5) is 39.9. The summed E-state index contributed by atoms with van der Waals surface area (Å²) in [6, 6.07) is 4.86. The third-order valence-electron chi connectivity index (χ3n) is 4.48. The second kappa shape index (κ2) is 9.03. The Kier molecular flexibility index (Phi) is 7.03. The van der Waals surface area contributed by atoms with Crippen molar-refractivity contribution in [2.75, 3.05) is 32.5 Å². The average molecular weight is 380 g/mol. The van der Waals surface area contributed by atoms with Crippen LogP contribution in [-0.2, 0) is 9.59 Å². The van der Waals surface area contributed by atoms with E-state index in [9.17, 15) is 14.4 Å². The number of carbonyl (C=O) groups excluding carboxylic acids is 3. The van der Waals surface area contributed by atoms with Gasteiger partial charge in [0.1, 0.15) is 0 Å². The van der Waals surface area contributed by atoms with Gasteiger partial charge in [-0.15, -0.1) is 0 Å². The number of benzene rings is 1. The Hall–Kier alpha value is -2.08. The first-order chi connectivity index (χ1) is 12.3. The first kappa shape index (κ1) is 20.2. The lowest BCUT2D eigenvalue weighted by Gasteiger charge is -2.32. The summed E-state index contributed by atoms with van der Waals surface area (Å²) >= 11 is 6.19. The van der Waals surface area contributed by atoms with Crippen LogP contribution in [0.3, 0.4) is 0 Å². The maximum absolute atomic E-state index is 12.6. The normalized spacial score (nSPS) is 16.9. The summed E-state index contributed by atoms with van der Waals surface area (Å²) in [7, 11) is 3.31. The van der Waals surface area contributed by atoms with Crippen molar-refractivity contribution in [2.45, 2.75) is 32.6 Å². The van der Waals surface area contributed by atoms with Gasteiger partial charge in [-0.1, -0.05) is 18.5 Å². The van der Waals surface area contributed by atoms with Gasteiger partial charge in [0.2, 0.25) is 11.8 Å². The molecule has 0 aliphatic carbocycles. The number of nitrogens with zero attached hydrogens (tertiary/aromatic N) is 2. The molecule has 1 aromatic rings. The molecule has 1 aromatic carbocycles. The molecule has 7 heteroatoms. The van der Waals surface area contributed by atoms with Crippen LogP contribution in [0.15, 0.2) is 18.2 Å².